The van der Waals surface area contributed by atoms with Gasteiger partial charge in [-0.1, -0.05) is 12.5 Å². The summed E-state index contributed by atoms with van der Waals surface area (Å²) < 4.78 is 15.5. The molecule has 270 valence electrons. The van der Waals surface area contributed by atoms with Crippen molar-refractivity contribution in [1.29, 1.82) is 0 Å². The molecule has 49 heavy (non-hydrogen) atoms. The van der Waals surface area contributed by atoms with Crippen LogP contribution in [-0.2, 0) is 19.8 Å². The minimum atomic E-state index is -0.791. The van der Waals surface area contributed by atoms with Gasteiger partial charge in [-0.05, 0) is 107 Å². The number of urea groups is 1. The number of rotatable bonds is 11. The molecule has 0 aromatic heterocycles. The third-order valence-electron chi connectivity index (χ3n) is 10.6. The number of aliphatic imine (C=N–C) groups is 1. The van der Waals surface area contributed by atoms with Crippen LogP contribution in [0, 0.1) is 17.2 Å². The number of benzene rings is 1. The number of hydrogen-bond acceptors (Lipinski definition) is 8. The highest BCUT2D eigenvalue weighted by atomic mass is 19.1. The predicted octanol–water partition coefficient (Wildman–Crippen LogP) is 2.89. The van der Waals surface area contributed by atoms with Gasteiger partial charge in [-0.3, -0.25) is 19.4 Å². The second kappa shape index (κ2) is 16.7. The second-order valence-corrected chi connectivity index (χ2v) is 14.2. The van der Waals surface area contributed by atoms with Crippen LogP contribution in [0.5, 0.6) is 0 Å². The largest absolute Gasteiger partial charge is 0.405 e. The van der Waals surface area contributed by atoms with E-state index in [1.165, 1.54) is 42.5 Å². The maximum Gasteiger partial charge on any atom is 0.317 e. The number of likely N-dealkylation sites (N-methyl/N-ethyl adjacent to an activating group) is 2. The molecular weight excluding hydrogens is 627 g/mol. The van der Waals surface area contributed by atoms with Gasteiger partial charge in [0.15, 0.2) is 6.29 Å². The summed E-state index contributed by atoms with van der Waals surface area (Å²) in [5.41, 5.74) is 5.97. The van der Waals surface area contributed by atoms with Crippen LogP contribution in [0.4, 0.5) is 14.9 Å². The molecule has 13 heteroatoms. The molecule has 5 N–H and O–H groups in total. The number of halogens is 1. The maximum absolute atomic E-state index is 15.5. The molecule has 1 spiro atoms. The molecule has 12 nitrogen and oxygen atoms in total. The Kier molecular flexibility index (Phi) is 12.9. The van der Waals surface area contributed by atoms with Crippen molar-refractivity contribution in [2.75, 3.05) is 66.2 Å². The van der Waals surface area contributed by atoms with Gasteiger partial charge in [0.1, 0.15) is 11.9 Å². The van der Waals surface area contributed by atoms with E-state index in [0.717, 1.165) is 32.4 Å². The number of hydrogen-bond donors (Lipinski definition) is 4. The van der Waals surface area contributed by atoms with Gasteiger partial charge in [-0.25, -0.2) is 9.18 Å². The molecular formula is C36H55FN8O4. The third kappa shape index (κ3) is 9.45. The number of aldehydes is 1. The van der Waals surface area contributed by atoms with Gasteiger partial charge in [0, 0.05) is 52.2 Å². The van der Waals surface area contributed by atoms with Crippen molar-refractivity contribution < 1.29 is 23.6 Å². The Morgan fingerprint density at radius 3 is 2.35 bits per heavy atom. The lowest BCUT2D eigenvalue weighted by molar-refractivity contribution is -0.135. The number of anilines is 1. The molecule has 3 atom stereocenters. The summed E-state index contributed by atoms with van der Waals surface area (Å²) in [7, 11) is 7.10. The topological polar surface area (TPSA) is 152 Å². The number of allylic oxidation sites excluding steroid dienone is 1. The van der Waals surface area contributed by atoms with E-state index < -0.39 is 17.3 Å². The fourth-order valence-corrected chi connectivity index (χ4v) is 7.32. The van der Waals surface area contributed by atoms with Crippen molar-refractivity contribution in [1.82, 2.24) is 25.3 Å². The van der Waals surface area contributed by atoms with Gasteiger partial charge >= 0.3 is 6.03 Å². The standard InChI is InChI=1S/C30H45FN6O3.C6H10N2O/c1-32-24(20-6-5-9-29(19-20)10-11-29)26(38)33-23-8-7-21(18-22(23)31)30(12-13-30)25(34-28(40)35(2)3)27(39)37-16-14-36(4)15-17-37;1-2-8-6(5-9)3-4-7/h7-8,18,20,24-25,32H,5-6,9-17,19H2,1-4H3,(H,33,38)(H,34,40);3-5H,2,7H2,1H3/b;4-3-,8-6?. The molecule has 3 saturated carbocycles. The van der Waals surface area contributed by atoms with Gasteiger partial charge in [0.05, 0.1) is 17.4 Å². The summed E-state index contributed by atoms with van der Waals surface area (Å²) >= 11 is 0. The second-order valence-electron chi connectivity index (χ2n) is 14.2. The molecule has 4 fully saturated rings. The first-order chi connectivity index (χ1) is 23.4. The molecule has 0 bridgehead atoms. The van der Waals surface area contributed by atoms with E-state index in [0.29, 0.717) is 55.5 Å². The van der Waals surface area contributed by atoms with Gasteiger partial charge in [-0.2, -0.15) is 0 Å². The fraction of sp³-hybridized carbons (Fsp3) is 0.639. The normalized spacial score (nSPS) is 22.4. The average Bonchev–Trinajstić information content (AvgIpc) is 4.03. The summed E-state index contributed by atoms with van der Waals surface area (Å²) in [6.45, 7) is 5.19. The molecule has 4 amide bonds. The first-order valence-corrected chi connectivity index (χ1v) is 17.5. The Balaban J connectivity index is 0.000000529. The quantitative estimate of drug-likeness (QED) is 0.207. The van der Waals surface area contributed by atoms with Crippen LogP contribution < -0.4 is 21.7 Å². The lowest BCUT2D eigenvalue weighted by Gasteiger charge is -2.37. The number of piperazine rings is 1. The number of carbonyl (C=O) groups excluding carboxylic acids is 4. The number of nitrogens with one attached hydrogen (secondary N) is 3. The Labute approximate surface area is 290 Å². The zero-order valence-electron chi connectivity index (χ0n) is 29.8. The van der Waals surface area contributed by atoms with Crippen molar-refractivity contribution in [2.24, 2.45) is 22.1 Å². The summed E-state index contributed by atoms with van der Waals surface area (Å²) in [4.78, 5) is 59.0. The monoisotopic (exact) mass is 682 g/mol. The highest BCUT2D eigenvalue weighted by Gasteiger charge is 2.56. The van der Waals surface area contributed by atoms with E-state index in [1.54, 1.807) is 38.2 Å². The lowest BCUT2D eigenvalue weighted by atomic mass is 9.75. The highest BCUT2D eigenvalue weighted by molar-refractivity contribution is 6.33. The van der Waals surface area contributed by atoms with Gasteiger partial charge in [0.2, 0.25) is 11.8 Å². The van der Waals surface area contributed by atoms with E-state index in [-0.39, 0.29) is 35.5 Å². The molecule has 5 rings (SSSR count). The molecule has 1 saturated heterocycles. The average molecular weight is 683 g/mol. The van der Waals surface area contributed by atoms with Crippen LogP contribution in [0.2, 0.25) is 0 Å². The molecule has 3 aliphatic carbocycles. The van der Waals surface area contributed by atoms with Gasteiger partial charge in [-0.15, -0.1) is 0 Å². The van der Waals surface area contributed by atoms with Gasteiger partial charge in [0.25, 0.3) is 0 Å². The van der Waals surface area contributed by atoms with E-state index in [9.17, 15) is 19.2 Å². The van der Waals surface area contributed by atoms with Crippen LogP contribution in [0.15, 0.2) is 35.5 Å². The Hall–Kier alpha value is -3.84. The summed E-state index contributed by atoms with van der Waals surface area (Å²) in [5, 5.41) is 8.96. The van der Waals surface area contributed by atoms with Crippen LogP contribution >= 0.6 is 0 Å². The van der Waals surface area contributed by atoms with Crippen molar-refractivity contribution in [3.05, 3.63) is 41.9 Å². The molecule has 1 aromatic carbocycles. The predicted molar refractivity (Wildman–Crippen MR) is 190 cm³/mol. The number of carbonyl (C=O) groups is 4. The third-order valence-corrected chi connectivity index (χ3v) is 10.6. The first-order valence-electron chi connectivity index (χ1n) is 17.5. The molecule has 4 aliphatic rings. The van der Waals surface area contributed by atoms with Crippen molar-refractivity contribution in [3.63, 3.8) is 0 Å². The van der Waals surface area contributed by atoms with E-state index in [1.807, 2.05) is 14.0 Å². The van der Waals surface area contributed by atoms with Gasteiger partial charge < -0.3 is 36.4 Å². The van der Waals surface area contributed by atoms with E-state index in [2.05, 4.69) is 25.8 Å². The number of nitrogens with zero attached hydrogens (tertiary/aromatic N) is 4. The van der Waals surface area contributed by atoms with Crippen molar-refractivity contribution >= 4 is 35.5 Å². The zero-order valence-corrected chi connectivity index (χ0v) is 29.8. The molecule has 3 unspecified atom stereocenters. The molecule has 1 aromatic rings. The Morgan fingerprint density at radius 2 is 1.82 bits per heavy atom. The summed E-state index contributed by atoms with van der Waals surface area (Å²) in [6.07, 6.45) is 11.7. The zero-order chi connectivity index (χ0) is 35.8. The first kappa shape index (κ1) is 38.0. The Bertz CT molecular complexity index is 1400. The SMILES string of the molecule is CCN=C(C=O)/C=C\N.CNC(C(=O)Nc1ccc(C2(C(NC(=O)N(C)C)C(=O)N3CCN(C)CC3)CC2)cc1F)C1CCCC2(CC2)C1. The highest BCUT2D eigenvalue weighted by Crippen LogP contribution is 2.58. The minimum Gasteiger partial charge on any atom is -0.405 e. The maximum atomic E-state index is 15.5. The molecule has 1 heterocycles. The summed E-state index contributed by atoms with van der Waals surface area (Å²) in [5.74, 6) is -0.616. The fourth-order valence-electron chi connectivity index (χ4n) is 7.32. The molecule has 0 radical (unpaired) electrons. The number of nitrogens with two attached hydrogens (primary N) is 1. The van der Waals surface area contributed by atoms with Crippen LogP contribution in [-0.4, -0.2) is 118 Å². The van der Waals surface area contributed by atoms with Crippen LogP contribution in [0.1, 0.15) is 63.9 Å². The Morgan fingerprint density at radius 1 is 1.12 bits per heavy atom. The van der Waals surface area contributed by atoms with Crippen LogP contribution in [0.3, 0.4) is 0 Å². The number of amides is 4. The minimum absolute atomic E-state index is 0.128. The smallest absolute Gasteiger partial charge is 0.317 e. The summed E-state index contributed by atoms with van der Waals surface area (Å²) in [6, 6.07) is 3.33. The molecule has 1 aliphatic heterocycles. The van der Waals surface area contributed by atoms with E-state index >= 15 is 4.39 Å². The van der Waals surface area contributed by atoms with Crippen molar-refractivity contribution in [2.45, 2.75) is 75.8 Å². The van der Waals surface area contributed by atoms with Crippen molar-refractivity contribution in [3.8, 4) is 0 Å². The van der Waals surface area contributed by atoms with E-state index in [4.69, 9.17) is 5.73 Å². The van der Waals surface area contributed by atoms with Crippen LogP contribution in [0.25, 0.3) is 0 Å². The lowest BCUT2D eigenvalue weighted by Crippen LogP contribution is -2.59.